The predicted molar refractivity (Wildman–Crippen MR) is 80.1 cm³/mol. The van der Waals surface area contributed by atoms with Gasteiger partial charge in [0.2, 0.25) is 5.91 Å². The zero-order valence-corrected chi connectivity index (χ0v) is 12.7. The molecule has 0 aliphatic rings. The summed E-state index contributed by atoms with van der Waals surface area (Å²) in [7, 11) is 0. The Morgan fingerprint density at radius 1 is 1.33 bits per heavy atom. The Morgan fingerprint density at radius 2 is 2.00 bits per heavy atom. The molecule has 0 aliphatic carbocycles. The summed E-state index contributed by atoms with van der Waals surface area (Å²) in [6.07, 6.45) is 1.92. The molecule has 0 saturated heterocycles. The van der Waals surface area contributed by atoms with Gasteiger partial charge in [-0.1, -0.05) is 60.1 Å². The van der Waals surface area contributed by atoms with Crippen molar-refractivity contribution in [1.29, 1.82) is 0 Å². The Bertz CT molecular complexity index is 353. The van der Waals surface area contributed by atoms with Gasteiger partial charge < -0.3 is 5.32 Å². The van der Waals surface area contributed by atoms with Crippen LogP contribution in [0, 0.1) is 5.92 Å². The molecule has 0 heterocycles. The summed E-state index contributed by atoms with van der Waals surface area (Å²) >= 11 is 3.42. The number of nitrogens with one attached hydrogen (secondary N) is 1. The van der Waals surface area contributed by atoms with Crippen molar-refractivity contribution in [3.63, 3.8) is 0 Å². The normalized spacial score (nSPS) is 13.9. The van der Waals surface area contributed by atoms with Crippen molar-refractivity contribution in [2.45, 2.75) is 32.6 Å². The van der Waals surface area contributed by atoms with E-state index in [9.17, 15) is 4.79 Å². The van der Waals surface area contributed by atoms with Crippen LogP contribution < -0.4 is 5.32 Å². The molecule has 2 nitrogen and oxygen atoms in total. The van der Waals surface area contributed by atoms with E-state index in [0.717, 1.165) is 30.3 Å². The molecule has 100 valence electrons. The Balaban J connectivity index is 2.53. The van der Waals surface area contributed by atoms with Crippen LogP contribution >= 0.6 is 15.9 Å². The van der Waals surface area contributed by atoms with E-state index in [0.29, 0.717) is 5.92 Å². The summed E-state index contributed by atoms with van der Waals surface area (Å²) < 4.78 is 0. The lowest BCUT2D eigenvalue weighted by molar-refractivity contribution is -0.122. The molecule has 1 aromatic rings. The third-order valence-electron chi connectivity index (χ3n) is 3.15. The van der Waals surface area contributed by atoms with Crippen molar-refractivity contribution in [1.82, 2.24) is 5.32 Å². The highest BCUT2D eigenvalue weighted by molar-refractivity contribution is 9.09. The highest BCUT2D eigenvalue weighted by atomic mass is 79.9. The molecule has 1 rings (SSSR count). The summed E-state index contributed by atoms with van der Waals surface area (Å²) in [5.41, 5.74) is 1.10. The van der Waals surface area contributed by atoms with E-state index < -0.39 is 0 Å². The van der Waals surface area contributed by atoms with E-state index in [1.165, 1.54) is 0 Å². The topological polar surface area (TPSA) is 29.1 Å². The van der Waals surface area contributed by atoms with E-state index in [4.69, 9.17) is 0 Å². The van der Waals surface area contributed by atoms with Gasteiger partial charge in [-0.3, -0.25) is 4.79 Å². The number of rotatable bonds is 7. The number of carbonyl (C=O) groups excluding carboxylic acids is 1. The van der Waals surface area contributed by atoms with Gasteiger partial charge in [-0.2, -0.15) is 0 Å². The molecular weight excluding hydrogens is 290 g/mol. The SMILES string of the molecule is CCC(C(=O)NCC(C)CCBr)c1ccccc1. The molecule has 0 radical (unpaired) electrons. The molecule has 3 heteroatoms. The standard InChI is InChI=1S/C15H22BrNO/c1-3-14(13-7-5-4-6-8-13)15(18)17-11-12(2)9-10-16/h4-8,12,14H,3,9-11H2,1-2H3,(H,17,18). The number of amides is 1. The zero-order valence-electron chi connectivity index (χ0n) is 11.2. The third kappa shape index (κ3) is 4.81. The molecule has 0 aromatic heterocycles. The molecule has 2 atom stereocenters. The predicted octanol–water partition coefficient (Wildman–Crippen LogP) is 3.72. The van der Waals surface area contributed by atoms with Crippen LogP contribution in [-0.2, 0) is 4.79 Å². The fraction of sp³-hybridized carbons (Fsp3) is 0.533. The van der Waals surface area contributed by atoms with E-state index in [2.05, 4.69) is 35.1 Å². The average molecular weight is 312 g/mol. The highest BCUT2D eigenvalue weighted by Crippen LogP contribution is 2.19. The summed E-state index contributed by atoms with van der Waals surface area (Å²) in [5.74, 6) is 0.633. The second kappa shape index (κ2) is 8.30. The number of carbonyl (C=O) groups is 1. The monoisotopic (exact) mass is 311 g/mol. The summed E-state index contributed by atoms with van der Waals surface area (Å²) in [6.45, 7) is 4.97. The van der Waals surface area contributed by atoms with Crippen molar-refractivity contribution in [3.8, 4) is 0 Å². The summed E-state index contributed by atoms with van der Waals surface area (Å²) in [6, 6.07) is 10.00. The zero-order chi connectivity index (χ0) is 13.4. The smallest absolute Gasteiger partial charge is 0.227 e. The van der Waals surface area contributed by atoms with Gasteiger partial charge in [0.1, 0.15) is 0 Å². The lowest BCUT2D eigenvalue weighted by atomic mass is 9.95. The highest BCUT2D eigenvalue weighted by Gasteiger charge is 2.18. The van der Waals surface area contributed by atoms with E-state index >= 15 is 0 Å². The van der Waals surface area contributed by atoms with Crippen molar-refractivity contribution >= 4 is 21.8 Å². The van der Waals surface area contributed by atoms with Gasteiger partial charge in [0.25, 0.3) is 0 Å². The first-order valence-electron chi connectivity index (χ1n) is 6.57. The third-order valence-corrected chi connectivity index (χ3v) is 3.61. The lowest BCUT2D eigenvalue weighted by Gasteiger charge is -2.17. The maximum absolute atomic E-state index is 12.2. The summed E-state index contributed by atoms with van der Waals surface area (Å²) in [4.78, 5) is 12.2. The van der Waals surface area contributed by atoms with Crippen LogP contribution in [0.2, 0.25) is 0 Å². The number of halogens is 1. The first-order valence-corrected chi connectivity index (χ1v) is 7.69. The van der Waals surface area contributed by atoms with E-state index in [1.54, 1.807) is 0 Å². The Labute approximate surface area is 118 Å². The summed E-state index contributed by atoms with van der Waals surface area (Å²) in [5, 5.41) is 4.04. The van der Waals surface area contributed by atoms with Crippen molar-refractivity contribution in [3.05, 3.63) is 35.9 Å². The van der Waals surface area contributed by atoms with Crippen LogP contribution in [-0.4, -0.2) is 17.8 Å². The molecule has 0 fully saturated rings. The minimum atomic E-state index is -0.0256. The Kier molecular flexibility index (Phi) is 7.02. The molecule has 1 aromatic carbocycles. The number of hydrogen-bond donors (Lipinski definition) is 1. The van der Waals surface area contributed by atoms with Crippen LogP contribution in [0.25, 0.3) is 0 Å². The molecule has 0 spiro atoms. The molecule has 1 amide bonds. The van der Waals surface area contributed by atoms with Crippen molar-refractivity contribution in [2.75, 3.05) is 11.9 Å². The van der Waals surface area contributed by atoms with Gasteiger partial charge in [-0.05, 0) is 24.3 Å². The Morgan fingerprint density at radius 3 is 2.56 bits per heavy atom. The van der Waals surface area contributed by atoms with Crippen LogP contribution in [0.4, 0.5) is 0 Å². The fourth-order valence-electron chi connectivity index (χ4n) is 1.94. The van der Waals surface area contributed by atoms with Gasteiger partial charge in [0, 0.05) is 11.9 Å². The maximum atomic E-state index is 12.2. The number of benzene rings is 1. The largest absolute Gasteiger partial charge is 0.355 e. The van der Waals surface area contributed by atoms with Gasteiger partial charge in [-0.15, -0.1) is 0 Å². The van der Waals surface area contributed by atoms with Gasteiger partial charge >= 0.3 is 0 Å². The van der Waals surface area contributed by atoms with Crippen LogP contribution in [0.5, 0.6) is 0 Å². The first-order chi connectivity index (χ1) is 8.69. The van der Waals surface area contributed by atoms with Gasteiger partial charge in [-0.25, -0.2) is 0 Å². The first kappa shape index (κ1) is 15.2. The van der Waals surface area contributed by atoms with Gasteiger partial charge in [0.05, 0.1) is 5.92 Å². The molecule has 0 saturated carbocycles. The van der Waals surface area contributed by atoms with Gasteiger partial charge in [0.15, 0.2) is 0 Å². The second-order valence-electron chi connectivity index (χ2n) is 4.70. The van der Waals surface area contributed by atoms with E-state index in [-0.39, 0.29) is 11.8 Å². The minimum Gasteiger partial charge on any atom is -0.355 e. The Hall–Kier alpha value is -0.830. The lowest BCUT2D eigenvalue weighted by Crippen LogP contribution is -2.32. The van der Waals surface area contributed by atoms with Crippen LogP contribution in [0.15, 0.2) is 30.3 Å². The van der Waals surface area contributed by atoms with Crippen molar-refractivity contribution < 1.29 is 4.79 Å². The molecule has 0 aliphatic heterocycles. The van der Waals surface area contributed by atoms with Crippen LogP contribution in [0.3, 0.4) is 0 Å². The molecule has 2 unspecified atom stereocenters. The van der Waals surface area contributed by atoms with Crippen LogP contribution in [0.1, 0.15) is 38.2 Å². The second-order valence-corrected chi connectivity index (χ2v) is 5.49. The fourth-order valence-corrected chi connectivity index (χ4v) is 2.73. The molecular formula is C15H22BrNO. The molecule has 18 heavy (non-hydrogen) atoms. The quantitative estimate of drug-likeness (QED) is 0.764. The minimum absolute atomic E-state index is 0.0256. The molecule has 0 bridgehead atoms. The maximum Gasteiger partial charge on any atom is 0.227 e. The molecule has 1 N–H and O–H groups in total. The average Bonchev–Trinajstić information content (AvgIpc) is 2.39. The van der Waals surface area contributed by atoms with E-state index in [1.807, 2.05) is 30.3 Å². The van der Waals surface area contributed by atoms with Crippen molar-refractivity contribution in [2.24, 2.45) is 5.92 Å². The number of hydrogen-bond acceptors (Lipinski definition) is 1. The number of alkyl halides is 1.